The van der Waals surface area contributed by atoms with Crippen LogP contribution in [0, 0.1) is 15.4 Å². The maximum Gasteiger partial charge on any atom is 0.143 e. The molecule has 2 fully saturated rings. The molecule has 1 N–H and O–H groups in total. The van der Waals surface area contributed by atoms with Gasteiger partial charge in [-0.3, -0.25) is 0 Å². The van der Waals surface area contributed by atoms with E-state index in [1.54, 1.807) is 7.11 Å². The molecule has 4 nitrogen and oxygen atoms in total. The molecular weight excluding hydrogens is 365 g/mol. The zero-order chi connectivity index (χ0) is 14.1. The minimum atomic E-state index is 0.563. The summed E-state index contributed by atoms with van der Waals surface area (Å²) in [5.74, 6) is 4.32. The normalized spacial score (nSPS) is 28.1. The Labute approximate surface area is 134 Å². The lowest BCUT2D eigenvalue weighted by Gasteiger charge is -2.22. The molecule has 2 aliphatic carbocycles. The van der Waals surface area contributed by atoms with Crippen molar-refractivity contribution in [2.45, 2.75) is 45.1 Å². The summed E-state index contributed by atoms with van der Waals surface area (Å²) >= 11 is 2.32. The average molecular weight is 387 g/mol. The first-order valence-corrected chi connectivity index (χ1v) is 8.59. The molecule has 0 saturated heterocycles. The largest absolute Gasteiger partial charge is 0.378 e. The third kappa shape index (κ3) is 2.66. The number of hydrogen-bond acceptors (Lipinski definition) is 4. The number of anilines is 1. The van der Waals surface area contributed by atoms with E-state index in [-0.39, 0.29) is 0 Å². The summed E-state index contributed by atoms with van der Waals surface area (Å²) in [4.78, 5) is 9.64. The molecule has 5 heteroatoms. The van der Waals surface area contributed by atoms with E-state index in [2.05, 4.69) is 34.8 Å². The molecule has 3 unspecified atom stereocenters. The van der Waals surface area contributed by atoms with Crippen LogP contribution in [0.25, 0.3) is 0 Å². The van der Waals surface area contributed by atoms with Gasteiger partial charge in [-0.25, -0.2) is 9.97 Å². The highest BCUT2D eigenvalue weighted by Crippen LogP contribution is 2.52. The fourth-order valence-electron chi connectivity index (χ4n) is 3.76. The molecule has 2 saturated carbocycles. The maximum absolute atomic E-state index is 5.30. The van der Waals surface area contributed by atoms with E-state index in [9.17, 15) is 0 Å². The molecule has 0 aliphatic heterocycles. The van der Waals surface area contributed by atoms with Crippen LogP contribution < -0.4 is 5.32 Å². The van der Waals surface area contributed by atoms with Gasteiger partial charge >= 0.3 is 0 Å². The third-order valence-corrected chi connectivity index (χ3v) is 5.77. The Morgan fingerprint density at radius 1 is 1.30 bits per heavy atom. The molecule has 0 spiro atoms. The number of nitrogens with one attached hydrogen (secondary N) is 1. The Kier molecular flexibility index (Phi) is 4.45. The van der Waals surface area contributed by atoms with Crippen LogP contribution in [-0.2, 0) is 11.3 Å². The van der Waals surface area contributed by atoms with E-state index in [0.717, 1.165) is 39.3 Å². The van der Waals surface area contributed by atoms with E-state index < -0.39 is 0 Å². The van der Waals surface area contributed by atoms with Crippen molar-refractivity contribution in [3.8, 4) is 0 Å². The molecule has 20 heavy (non-hydrogen) atoms. The van der Waals surface area contributed by atoms with Crippen LogP contribution in [0.2, 0.25) is 0 Å². The summed E-state index contributed by atoms with van der Waals surface area (Å²) in [7, 11) is 1.72. The molecule has 2 aliphatic rings. The first kappa shape index (κ1) is 14.5. The van der Waals surface area contributed by atoms with Gasteiger partial charge in [0, 0.05) is 19.6 Å². The molecule has 3 rings (SSSR count). The predicted octanol–water partition coefficient (Wildman–Crippen LogP) is 3.56. The summed E-state index contributed by atoms with van der Waals surface area (Å²) in [6.45, 7) is 3.55. The molecular formula is C15H22IN3O. The van der Waals surface area contributed by atoms with Gasteiger partial charge in [-0.15, -0.1) is 0 Å². The van der Waals surface area contributed by atoms with Crippen molar-refractivity contribution in [3.05, 3.63) is 15.1 Å². The molecule has 1 heterocycles. The van der Waals surface area contributed by atoms with Crippen LogP contribution in [0.5, 0.6) is 0 Å². The fraction of sp³-hybridized carbons (Fsp3) is 0.733. The second kappa shape index (κ2) is 6.13. The minimum absolute atomic E-state index is 0.563. The summed E-state index contributed by atoms with van der Waals surface area (Å²) in [5.41, 5.74) is 1.02. The average Bonchev–Trinajstić information content (AvgIpc) is 3.06. The van der Waals surface area contributed by atoms with Gasteiger partial charge in [0.1, 0.15) is 11.6 Å². The van der Waals surface area contributed by atoms with Crippen molar-refractivity contribution in [2.24, 2.45) is 11.8 Å². The number of halogens is 1. The van der Waals surface area contributed by atoms with Crippen LogP contribution in [0.1, 0.15) is 50.0 Å². The molecule has 2 bridgehead atoms. The van der Waals surface area contributed by atoms with Crippen LogP contribution in [0.4, 0.5) is 5.82 Å². The van der Waals surface area contributed by atoms with Crippen molar-refractivity contribution < 1.29 is 4.74 Å². The number of nitrogens with zero attached hydrogens (tertiary/aromatic N) is 2. The second-order valence-corrected chi connectivity index (χ2v) is 7.01. The van der Waals surface area contributed by atoms with Crippen LogP contribution >= 0.6 is 22.6 Å². The highest BCUT2D eigenvalue weighted by Gasteiger charge is 2.41. The van der Waals surface area contributed by atoms with E-state index in [4.69, 9.17) is 14.7 Å². The van der Waals surface area contributed by atoms with Crippen molar-refractivity contribution in [2.75, 3.05) is 19.0 Å². The lowest BCUT2D eigenvalue weighted by Crippen LogP contribution is -2.16. The standard InChI is InChI=1S/C15H22IN3O/c1-3-17-15-13(16)12(8-20-2)18-14(19-15)11-7-9-4-5-10(11)6-9/h9-11H,3-8H2,1-2H3,(H,17,18,19). The van der Waals surface area contributed by atoms with Crippen molar-refractivity contribution in [3.63, 3.8) is 0 Å². The van der Waals surface area contributed by atoms with Gasteiger partial charge in [0.25, 0.3) is 0 Å². The SMILES string of the molecule is CCNc1nc(C2CC3CCC2C3)nc(COC)c1I. The summed E-state index contributed by atoms with van der Waals surface area (Å²) in [6.07, 6.45) is 5.44. The molecule has 110 valence electrons. The van der Waals surface area contributed by atoms with E-state index >= 15 is 0 Å². The third-order valence-electron chi connectivity index (χ3n) is 4.63. The number of ether oxygens (including phenoxy) is 1. The lowest BCUT2D eigenvalue weighted by molar-refractivity contribution is 0.180. The highest BCUT2D eigenvalue weighted by molar-refractivity contribution is 14.1. The Bertz CT molecular complexity index is 467. The van der Waals surface area contributed by atoms with Crippen molar-refractivity contribution in [1.82, 2.24) is 9.97 Å². The smallest absolute Gasteiger partial charge is 0.143 e. The monoisotopic (exact) mass is 387 g/mol. The van der Waals surface area contributed by atoms with Gasteiger partial charge in [-0.2, -0.15) is 0 Å². The molecule has 3 atom stereocenters. The molecule has 1 aromatic heterocycles. The maximum atomic E-state index is 5.30. The van der Waals surface area contributed by atoms with E-state index in [1.807, 2.05) is 0 Å². The number of fused-ring (bicyclic) bond motifs is 2. The van der Waals surface area contributed by atoms with E-state index in [0.29, 0.717) is 12.5 Å². The summed E-state index contributed by atoms with van der Waals surface area (Å²) in [5, 5.41) is 3.37. The zero-order valence-electron chi connectivity index (χ0n) is 12.2. The Balaban J connectivity index is 1.93. The van der Waals surface area contributed by atoms with Crippen LogP contribution in [0.3, 0.4) is 0 Å². The van der Waals surface area contributed by atoms with E-state index in [1.165, 1.54) is 25.7 Å². The summed E-state index contributed by atoms with van der Waals surface area (Å²) in [6, 6.07) is 0. The van der Waals surface area contributed by atoms with Gasteiger partial charge in [0.05, 0.1) is 15.9 Å². The molecule has 0 radical (unpaired) electrons. The first-order chi connectivity index (χ1) is 9.72. The molecule has 0 amide bonds. The second-order valence-electron chi connectivity index (χ2n) is 5.94. The van der Waals surface area contributed by atoms with Gasteiger partial charge in [0.2, 0.25) is 0 Å². The number of aromatic nitrogens is 2. The number of hydrogen-bond donors (Lipinski definition) is 1. The summed E-state index contributed by atoms with van der Waals surface area (Å²) < 4.78 is 6.39. The highest BCUT2D eigenvalue weighted by atomic mass is 127. The van der Waals surface area contributed by atoms with Gasteiger partial charge < -0.3 is 10.1 Å². The topological polar surface area (TPSA) is 47.0 Å². The zero-order valence-corrected chi connectivity index (χ0v) is 14.3. The quantitative estimate of drug-likeness (QED) is 0.785. The fourth-order valence-corrected chi connectivity index (χ4v) is 4.34. The van der Waals surface area contributed by atoms with Crippen molar-refractivity contribution >= 4 is 28.4 Å². The molecule has 1 aromatic rings. The predicted molar refractivity (Wildman–Crippen MR) is 87.8 cm³/mol. The Morgan fingerprint density at radius 3 is 2.75 bits per heavy atom. The van der Waals surface area contributed by atoms with Crippen LogP contribution in [0.15, 0.2) is 0 Å². The minimum Gasteiger partial charge on any atom is -0.378 e. The van der Waals surface area contributed by atoms with Gasteiger partial charge in [0.15, 0.2) is 0 Å². The lowest BCUT2D eigenvalue weighted by atomic mass is 9.88. The Morgan fingerprint density at radius 2 is 2.15 bits per heavy atom. The van der Waals surface area contributed by atoms with Gasteiger partial charge in [-0.05, 0) is 60.6 Å². The number of methoxy groups -OCH3 is 1. The number of rotatable bonds is 5. The van der Waals surface area contributed by atoms with Gasteiger partial charge in [-0.1, -0.05) is 6.42 Å². The molecule has 0 aromatic carbocycles. The van der Waals surface area contributed by atoms with Crippen molar-refractivity contribution in [1.29, 1.82) is 0 Å². The van der Waals surface area contributed by atoms with Crippen LogP contribution in [-0.4, -0.2) is 23.6 Å². The Hall–Kier alpha value is -0.430. The first-order valence-electron chi connectivity index (χ1n) is 7.52.